The summed E-state index contributed by atoms with van der Waals surface area (Å²) in [5.41, 5.74) is 3.58. The molecule has 3 rings (SSSR count). The van der Waals surface area contributed by atoms with Gasteiger partial charge in [-0.05, 0) is 18.6 Å². The van der Waals surface area contributed by atoms with Gasteiger partial charge in [-0.2, -0.15) is 0 Å². The molecule has 15 heavy (non-hydrogen) atoms. The van der Waals surface area contributed by atoms with E-state index < -0.39 is 0 Å². The van der Waals surface area contributed by atoms with Gasteiger partial charge < -0.3 is 15.2 Å². The molecule has 0 saturated carbocycles. The van der Waals surface area contributed by atoms with Gasteiger partial charge in [0.2, 0.25) is 0 Å². The van der Waals surface area contributed by atoms with Crippen LogP contribution >= 0.6 is 0 Å². The number of hydrogen-bond donors (Lipinski definition) is 2. The normalized spacial score (nSPS) is 33.1. The van der Waals surface area contributed by atoms with Crippen LogP contribution in [0.1, 0.15) is 23.7 Å². The Labute approximate surface area is 89.1 Å². The molecular weight excluding hydrogens is 190 g/mol. The number of fused-ring (bicyclic) bond motifs is 4. The van der Waals surface area contributed by atoms with Crippen molar-refractivity contribution >= 4 is 5.69 Å². The standard InChI is InChI=1S/C12H15NO2/c1-7-2-3-8-9(4-7)13-10-5-12(8)15-6-11(10)14/h2-4,10-14H,5-6H2,1H3/t10-,11+,12-/m1/s1. The second-order valence-corrected chi connectivity index (χ2v) is 4.47. The van der Waals surface area contributed by atoms with Gasteiger partial charge in [-0.3, -0.25) is 0 Å². The second kappa shape index (κ2) is 3.22. The van der Waals surface area contributed by atoms with Gasteiger partial charge in [0.1, 0.15) is 0 Å². The van der Waals surface area contributed by atoms with Crippen LogP contribution in [0.25, 0.3) is 0 Å². The highest BCUT2D eigenvalue weighted by atomic mass is 16.5. The summed E-state index contributed by atoms with van der Waals surface area (Å²) < 4.78 is 5.64. The van der Waals surface area contributed by atoms with Crippen LogP contribution in [0, 0.1) is 6.92 Å². The lowest BCUT2D eigenvalue weighted by Gasteiger charge is -2.40. The van der Waals surface area contributed by atoms with E-state index in [1.165, 1.54) is 11.1 Å². The highest BCUT2D eigenvalue weighted by molar-refractivity contribution is 5.57. The minimum absolute atomic E-state index is 0.151. The number of aryl methyl sites for hydroxylation is 1. The maximum atomic E-state index is 9.73. The van der Waals surface area contributed by atoms with Crippen molar-refractivity contribution in [3.63, 3.8) is 0 Å². The average Bonchev–Trinajstić information content (AvgIpc) is 2.23. The van der Waals surface area contributed by atoms with Crippen LogP contribution in [0.4, 0.5) is 5.69 Å². The van der Waals surface area contributed by atoms with Gasteiger partial charge in [-0.1, -0.05) is 12.1 Å². The molecule has 1 fully saturated rings. The fourth-order valence-electron chi connectivity index (χ4n) is 2.43. The molecule has 3 heteroatoms. The molecule has 1 aromatic carbocycles. The second-order valence-electron chi connectivity index (χ2n) is 4.47. The fourth-order valence-corrected chi connectivity index (χ4v) is 2.43. The van der Waals surface area contributed by atoms with Crippen LogP contribution in [0.15, 0.2) is 18.2 Å². The van der Waals surface area contributed by atoms with Crippen molar-refractivity contribution in [3.8, 4) is 0 Å². The van der Waals surface area contributed by atoms with Crippen molar-refractivity contribution in [2.45, 2.75) is 31.6 Å². The summed E-state index contributed by atoms with van der Waals surface area (Å²) in [7, 11) is 0. The van der Waals surface area contributed by atoms with Gasteiger partial charge in [0, 0.05) is 17.7 Å². The van der Waals surface area contributed by atoms with E-state index in [1.807, 2.05) is 0 Å². The van der Waals surface area contributed by atoms with Crippen LogP contribution < -0.4 is 5.32 Å². The lowest BCUT2D eigenvalue weighted by atomic mass is 9.89. The minimum Gasteiger partial charge on any atom is -0.389 e. The molecule has 0 aromatic heterocycles. The zero-order chi connectivity index (χ0) is 10.4. The average molecular weight is 205 g/mol. The van der Waals surface area contributed by atoms with Crippen molar-refractivity contribution in [1.82, 2.24) is 0 Å². The van der Waals surface area contributed by atoms with E-state index in [0.717, 1.165) is 12.1 Å². The Balaban J connectivity index is 2.03. The predicted octanol–water partition coefficient (Wildman–Crippen LogP) is 1.61. The fraction of sp³-hybridized carbons (Fsp3) is 0.500. The Morgan fingerprint density at radius 2 is 2.33 bits per heavy atom. The molecule has 2 aliphatic rings. The van der Waals surface area contributed by atoms with Crippen molar-refractivity contribution in [2.24, 2.45) is 0 Å². The number of nitrogens with one attached hydrogen (secondary N) is 1. The van der Waals surface area contributed by atoms with Gasteiger partial charge >= 0.3 is 0 Å². The highest BCUT2D eigenvalue weighted by Gasteiger charge is 2.35. The molecule has 0 aliphatic carbocycles. The Bertz CT molecular complexity index is 391. The molecule has 1 saturated heterocycles. The Kier molecular flexibility index (Phi) is 1.97. The number of benzene rings is 1. The molecule has 2 N–H and O–H groups in total. The first kappa shape index (κ1) is 9.19. The van der Waals surface area contributed by atoms with E-state index in [1.54, 1.807) is 0 Å². The lowest BCUT2D eigenvalue weighted by molar-refractivity contribution is -0.0672. The largest absolute Gasteiger partial charge is 0.389 e. The Morgan fingerprint density at radius 3 is 3.20 bits per heavy atom. The first-order valence-corrected chi connectivity index (χ1v) is 5.41. The third-order valence-corrected chi connectivity index (χ3v) is 3.30. The molecule has 0 amide bonds. The van der Waals surface area contributed by atoms with Crippen molar-refractivity contribution in [3.05, 3.63) is 29.3 Å². The van der Waals surface area contributed by atoms with Crippen LogP contribution in [0.2, 0.25) is 0 Å². The SMILES string of the molecule is Cc1ccc2c(c1)N[C@@H]1C[C@H]2OC[C@@H]1O. The van der Waals surface area contributed by atoms with E-state index in [9.17, 15) is 5.11 Å². The summed E-state index contributed by atoms with van der Waals surface area (Å²) in [6.07, 6.45) is 0.655. The summed E-state index contributed by atoms with van der Waals surface area (Å²) in [5.74, 6) is 0. The van der Waals surface area contributed by atoms with Gasteiger partial charge in [0.25, 0.3) is 0 Å². The number of aliphatic hydroxyl groups excluding tert-OH is 1. The van der Waals surface area contributed by atoms with Crippen molar-refractivity contribution in [1.29, 1.82) is 0 Å². The molecule has 0 unspecified atom stereocenters. The van der Waals surface area contributed by atoms with Crippen LogP contribution in [0.5, 0.6) is 0 Å². The molecule has 1 aromatic rings. The van der Waals surface area contributed by atoms with Crippen molar-refractivity contribution in [2.75, 3.05) is 11.9 Å². The molecule has 2 heterocycles. The lowest BCUT2D eigenvalue weighted by Crippen LogP contribution is -2.45. The number of anilines is 1. The first-order chi connectivity index (χ1) is 7.24. The van der Waals surface area contributed by atoms with E-state index in [4.69, 9.17) is 4.74 Å². The zero-order valence-corrected chi connectivity index (χ0v) is 8.73. The number of ether oxygens (including phenoxy) is 1. The monoisotopic (exact) mass is 205 g/mol. The van der Waals surface area contributed by atoms with Gasteiger partial charge in [0.05, 0.1) is 24.9 Å². The summed E-state index contributed by atoms with van der Waals surface area (Å²) >= 11 is 0. The third-order valence-electron chi connectivity index (χ3n) is 3.30. The van der Waals surface area contributed by atoms with E-state index >= 15 is 0 Å². The quantitative estimate of drug-likeness (QED) is 0.676. The van der Waals surface area contributed by atoms with Crippen LogP contribution in [0.3, 0.4) is 0 Å². The molecule has 3 nitrogen and oxygen atoms in total. The molecule has 0 spiro atoms. The van der Waals surface area contributed by atoms with Gasteiger partial charge in [-0.15, -0.1) is 0 Å². The van der Waals surface area contributed by atoms with E-state index in [0.29, 0.717) is 6.61 Å². The summed E-state index contributed by atoms with van der Waals surface area (Å²) in [5, 5.41) is 13.1. The van der Waals surface area contributed by atoms with Crippen LogP contribution in [-0.4, -0.2) is 23.9 Å². The molecule has 2 bridgehead atoms. The van der Waals surface area contributed by atoms with E-state index in [2.05, 4.69) is 30.4 Å². The highest BCUT2D eigenvalue weighted by Crippen LogP contribution is 2.39. The summed E-state index contributed by atoms with van der Waals surface area (Å²) in [4.78, 5) is 0. The van der Waals surface area contributed by atoms with Gasteiger partial charge in [-0.25, -0.2) is 0 Å². The van der Waals surface area contributed by atoms with E-state index in [-0.39, 0.29) is 18.2 Å². The van der Waals surface area contributed by atoms with Gasteiger partial charge in [0.15, 0.2) is 0 Å². The summed E-state index contributed by atoms with van der Waals surface area (Å²) in [6.45, 7) is 2.51. The molecule has 2 aliphatic heterocycles. The van der Waals surface area contributed by atoms with Crippen LogP contribution in [-0.2, 0) is 4.74 Å². The molecule has 0 radical (unpaired) electrons. The molecule has 3 atom stereocenters. The smallest absolute Gasteiger partial charge is 0.0975 e. The third kappa shape index (κ3) is 1.43. The molecule has 80 valence electrons. The maximum Gasteiger partial charge on any atom is 0.0975 e. The number of hydrogen-bond acceptors (Lipinski definition) is 3. The van der Waals surface area contributed by atoms with Crippen molar-refractivity contribution < 1.29 is 9.84 Å². The Hall–Kier alpha value is -1.06. The molecular formula is C12H15NO2. The first-order valence-electron chi connectivity index (χ1n) is 5.41. The minimum atomic E-state index is -0.380. The summed E-state index contributed by atoms with van der Waals surface area (Å²) in [6, 6.07) is 6.50. The number of aliphatic hydroxyl groups is 1. The zero-order valence-electron chi connectivity index (χ0n) is 8.73. The number of rotatable bonds is 0. The predicted molar refractivity (Wildman–Crippen MR) is 57.9 cm³/mol. The topological polar surface area (TPSA) is 41.5 Å². The maximum absolute atomic E-state index is 9.73. The Morgan fingerprint density at radius 1 is 1.47 bits per heavy atom.